The summed E-state index contributed by atoms with van der Waals surface area (Å²) in [7, 11) is -1.48. The highest BCUT2D eigenvalue weighted by Crippen LogP contribution is 2.31. The number of likely N-dealkylation sites (N-methyl/N-ethyl adjacent to an activating group) is 1. The van der Waals surface area contributed by atoms with Gasteiger partial charge in [0.15, 0.2) is 9.84 Å². The SMILES string of the molecule is CN(CCN=C(C=C(N)C(F)(F)F)c1ccc(-c2cccc(S(C)(=O)=O)c2)s1)Cc1ccccc1. The minimum absolute atomic E-state index is 0.128. The molecule has 0 saturated heterocycles. The lowest BCUT2D eigenvalue weighted by Gasteiger charge is -2.15. The van der Waals surface area contributed by atoms with Gasteiger partial charge in [-0.1, -0.05) is 42.5 Å². The summed E-state index contributed by atoms with van der Waals surface area (Å²) >= 11 is 1.22. The quantitative estimate of drug-likeness (QED) is 0.396. The molecule has 2 N–H and O–H groups in total. The van der Waals surface area contributed by atoms with Crippen molar-refractivity contribution in [3.63, 3.8) is 0 Å². The fraction of sp³-hybridized carbons (Fsp3) is 0.240. The molecule has 35 heavy (non-hydrogen) atoms. The first-order valence-electron chi connectivity index (χ1n) is 10.7. The van der Waals surface area contributed by atoms with Crippen molar-refractivity contribution in [3.8, 4) is 10.4 Å². The van der Waals surface area contributed by atoms with Crippen LogP contribution >= 0.6 is 11.3 Å². The molecular weight excluding hydrogens is 495 g/mol. The molecule has 186 valence electrons. The third-order valence-electron chi connectivity index (χ3n) is 5.08. The van der Waals surface area contributed by atoms with Crippen LogP contribution < -0.4 is 5.73 Å². The third kappa shape index (κ3) is 7.78. The van der Waals surface area contributed by atoms with Crippen LogP contribution in [0.1, 0.15) is 10.4 Å². The van der Waals surface area contributed by atoms with E-state index in [0.29, 0.717) is 28.4 Å². The van der Waals surface area contributed by atoms with Crippen LogP contribution in [0.4, 0.5) is 13.2 Å². The fourth-order valence-electron chi connectivity index (χ4n) is 3.25. The van der Waals surface area contributed by atoms with E-state index >= 15 is 0 Å². The van der Waals surface area contributed by atoms with Crippen LogP contribution in [0, 0.1) is 0 Å². The number of halogens is 3. The molecule has 10 heteroatoms. The number of aliphatic imine (C=N–C) groups is 1. The van der Waals surface area contributed by atoms with E-state index in [-0.39, 0.29) is 17.2 Å². The van der Waals surface area contributed by atoms with Crippen molar-refractivity contribution in [1.29, 1.82) is 0 Å². The lowest BCUT2D eigenvalue weighted by atomic mass is 10.2. The molecule has 0 aliphatic rings. The summed E-state index contributed by atoms with van der Waals surface area (Å²) < 4.78 is 63.2. The number of nitrogens with two attached hydrogens (primary N) is 1. The molecule has 1 aromatic heterocycles. The van der Waals surface area contributed by atoms with Crippen molar-refractivity contribution in [2.45, 2.75) is 17.6 Å². The van der Waals surface area contributed by atoms with E-state index in [1.54, 1.807) is 30.3 Å². The number of hydrogen-bond donors (Lipinski definition) is 1. The fourth-order valence-corrected chi connectivity index (χ4v) is 4.90. The van der Waals surface area contributed by atoms with E-state index in [2.05, 4.69) is 4.99 Å². The van der Waals surface area contributed by atoms with Gasteiger partial charge in [-0.2, -0.15) is 13.2 Å². The standard InChI is InChI=1S/C25H26F3N3O2S2/c1-31(17-18-7-4-3-5-8-18)14-13-30-21(16-24(29)25(26,27)28)23-12-11-22(34-23)19-9-6-10-20(15-19)35(2,32)33/h3-12,15-16H,13-14,17,29H2,1-2H3. The second kappa shape index (κ2) is 11.2. The van der Waals surface area contributed by atoms with Crippen molar-refractivity contribution in [2.75, 3.05) is 26.4 Å². The van der Waals surface area contributed by atoms with Gasteiger partial charge in [-0.15, -0.1) is 11.3 Å². The van der Waals surface area contributed by atoms with Crippen molar-refractivity contribution < 1.29 is 21.6 Å². The summed E-state index contributed by atoms with van der Waals surface area (Å²) in [6, 6.07) is 19.7. The number of rotatable bonds is 9. The van der Waals surface area contributed by atoms with Crippen molar-refractivity contribution in [2.24, 2.45) is 10.7 Å². The number of sulfone groups is 1. The average Bonchev–Trinajstić information content (AvgIpc) is 3.28. The number of alkyl halides is 3. The van der Waals surface area contributed by atoms with Crippen molar-refractivity contribution >= 4 is 26.9 Å². The lowest BCUT2D eigenvalue weighted by Crippen LogP contribution is -2.22. The molecule has 3 rings (SSSR count). The van der Waals surface area contributed by atoms with E-state index in [0.717, 1.165) is 17.9 Å². The average molecular weight is 522 g/mol. The van der Waals surface area contributed by atoms with Crippen LogP contribution in [0.15, 0.2) is 88.4 Å². The predicted octanol–water partition coefficient (Wildman–Crippen LogP) is 5.14. The molecule has 1 heterocycles. The van der Waals surface area contributed by atoms with Crippen LogP contribution in [0.5, 0.6) is 0 Å². The minimum Gasteiger partial charge on any atom is -0.395 e. The van der Waals surface area contributed by atoms with E-state index in [1.165, 1.54) is 17.4 Å². The molecule has 0 atom stereocenters. The highest BCUT2D eigenvalue weighted by Gasteiger charge is 2.32. The maximum Gasteiger partial charge on any atom is 0.430 e. The van der Waals surface area contributed by atoms with Gasteiger partial charge in [-0.05, 0) is 48.5 Å². The van der Waals surface area contributed by atoms with Crippen LogP contribution in [-0.4, -0.2) is 51.6 Å². The molecule has 0 saturated carbocycles. The maximum absolute atomic E-state index is 13.1. The Labute approximate surface area is 207 Å². The number of nitrogens with zero attached hydrogens (tertiary/aromatic N) is 2. The van der Waals surface area contributed by atoms with Gasteiger partial charge in [0, 0.05) is 24.2 Å². The number of allylic oxidation sites excluding steroid dienone is 2. The second-order valence-corrected chi connectivity index (χ2v) is 11.2. The summed E-state index contributed by atoms with van der Waals surface area (Å²) in [5.74, 6) is 0. The highest BCUT2D eigenvalue weighted by molar-refractivity contribution is 7.90. The molecule has 0 aliphatic carbocycles. The van der Waals surface area contributed by atoms with E-state index < -0.39 is 21.7 Å². The van der Waals surface area contributed by atoms with Crippen LogP contribution in [-0.2, 0) is 16.4 Å². The summed E-state index contributed by atoms with van der Waals surface area (Å²) in [6.45, 7) is 1.50. The third-order valence-corrected chi connectivity index (χ3v) is 7.35. The summed E-state index contributed by atoms with van der Waals surface area (Å²) in [5, 5.41) is 0. The van der Waals surface area contributed by atoms with E-state index in [4.69, 9.17) is 5.73 Å². The van der Waals surface area contributed by atoms with Gasteiger partial charge in [0.1, 0.15) is 5.70 Å². The Bertz CT molecular complexity index is 1310. The first-order chi connectivity index (χ1) is 16.4. The molecule has 3 aromatic rings. The molecular formula is C25H26F3N3O2S2. The maximum atomic E-state index is 13.1. The Morgan fingerprint density at radius 3 is 2.46 bits per heavy atom. The van der Waals surface area contributed by atoms with E-state index in [1.807, 2.05) is 42.3 Å². The van der Waals surface area contributed by atoms with Crippen molar-refractivity contribution in [3.05, 3.63) is 88.9 Å². The highest BCUT2D eigenvalue weighted by atomic mass is 32.2. The Balaban J connectivity index is 1.85. The van der Waals surface area contributed by atoms with Gasteiger partial charge in [0.2, 0.25) is 0 Å². The Morgan fingerprint density at radius 2 is 1.80 bits per heavy atom. The predicted molar refractivity (Wildman–Crippen MR) is 135 cm³/mol. The molecule has 0 radical (unpaired) electrons. The topological polar surface area (TPSA) is 75.8 Å². The summed E-state index contributed by atoms with van der Waals surface area (Å²) in [5.41, 5.74) is 5.96. The molecule has 5 nitrogen and oxygen atoms in total. The first-order valence-corrected chi connectivity index (χ1v) is 13.4. The van der Waals surface area contributed by atoms with Gasteiger partial charge in [-0.3, -0.25) is 4.99 Å². The Morgan fingerprint density at radius 1 is 1.09 bits per heavy atom. The van der Waals surface area contributed by atoms with Crippen molar-refractivity contribution in [1.82, 2.24) is 4.90 Å². The Kier molecular flexibility index (Phi) is 8.52. The zero-order valence-corrected chi connectivity index (χ0v) is 20.9. The molecule has 0 unspecified atom stereocenters. The second-order valence-electron chi connectivity index (χ2n) is 8.05. The summed E-state index contributed by atoms with van der Waals surface area (Å²) in [4.78, 5) is 7.83. The Hall–Kier alpha value is -2.95. The van der Waals surface area contributed by atoms with Gasteiger partial charge >= 0.3 is 6.18 Å². The van der Waals surface area contributed by atoms with Gasteiger partial charge in [-0.25, -0.2) is 8.42 Å². The summed E-state index contributed by atoms with van der Waals surface area (Å²) in [6.07, 6.45) is -2.70. The van der Waals surface area contributed by atoms with E-state index in [9.17, 15) is 21.6 Å². The largest absolute Gasteiger partial charge is 0.430 e. The number of benzene rings is 2. The molecule has 2 aromatic carbocycles. The number of hydrogen-bond acceptors (Lipinski definition) is 6. The normalized spacial score (nSPS) is 13.4. The van der Waals surface area contributed by atoms with Crippen LogP contribution in [0.25, 0.3) is 10.4 Å². The van der Waals surface area contributed by atoms with Gasteiger partial charge in [0.05, 0.1) is 22.0 Å². The van der Waals surface area contributed by atoms with Crippen LogP contribution in [0.3, 0.4) is 0 Å². The zero-order valence-electron chi connectivity index (χ0n) is 19.3. The van der Waals surface area contributed by atoms with Gasteiger partial charge in [0.25, 0.3) is 0 Å². The monoisotopic (exact) mass is 521 g/mol. The molecule has 0 bridgehead atoms. The first kappa shape index (κ1) is 26.7. The molecule has 0 fully saturated rings. The molecule has 0 spiro atoms. The number of thiophene rings is 1. The molecule has 0 amide bonds. The lowest BCUT2D eigenvalue weighted by molar-refractivity contribution is -0.0925. The van der Waals surface area contributed by atoms with Gasteiger partial charge < -0.3 is 10.6 Å². The zero-order chi connectivity index (χ0) is 25.6. The smallest absolute Gasteiger partial charge is 0.395 e. The minimum atomic E-state index is -4.67. The van der Waals surface area contributed by atoms with Crippen LogP contribution in [0.2, 0.25) is 0 Å². The molecule has 0 aliphatic heterocycles.